The number of benzene rings is 8. The van der Waals surface area contributed by atoms with Crippen LogP contribution in [0.3, 0.4) is 0 Å². The Kier molecular flexibility index (Phi) is 8.25. The largest absolute Gasteiger partial charge is 0.416 e. The van der Waals surface area contributed by atoms with Crippen molar-refractivity contribution in [3.8, 4) is 33.4 Å². The number of halogens is 3. The van der Waals surface area contributed by atoms with Crippen LogP contribution >= 0.6 is 0 Å². The molecular formula is C49H35F3N+. The van der Waals surface area contributed by atoms with E-state index in [1.54, 1.807) is 12.1 Å². The number of hydrogen-bond acceptors (Lipinski definition) is 0. The van der Waals surface area contributed by atoms with E-state index in [1.165, 1.54) is 49.4 Å². The molecule has 53 heavy (non-hydrogen) atoms. The van der Waals surface area contributed by atoms with Crippen LogP contribution in [0.5, 0.6) is 0 Å². The van der Waals surface area contributed by atoms with Gasteiger partial charge in [-0.1, -0.05) is 121 Å². The van der Waals surface area contributed by atoms with E-state index in [-0.39, 0.29) is 0 Å². The Morgan fingerprint density at radius 1 is 0.434 bits per heavy atom. The van der Waals surface area contributed by atoms with Gasteiger partial charge in [-0.3, -0.25) is 0 Å². The lowest BCUT2D eigenvalue weighted by molar-refractivity contribution is -0.681. The molecular weight excluding hydrogens is 660 g/mol. The zero-order valence-corrected chi connectivity index (χ0v) is 28.9. The third kappa shape index (κ3) is 6.01. The van der Waals surface area contributed by atoms with Gasteiger partial charge < -0.3 is 0 Å². The van der Waals surface area contributed by atoms with Crippen molar-refractivity contribution in [2.75, 3.05) is 0 Å². The van der Waals surface area contributed by atoms with Gasteiger partial charge in [0.15, 0.2) is 0 Å². The van der Waals surface area contributed by atoms with Crippen molar-refractivity contribution in [3.63, 3.8) is 0 Å². The molecule has 0 aromatic heterocycles. The maximum Gasteiger partial charge on any atom is 0.416 e. The topological polar surface area (TPSA) is 4.44 Å². The van der Waals surface area contributed by atoms with Crippen molar-refractivity contribution in [2.24, 2.45) is 0 Å². The van der Waals surface area contributed by atoms with Crippen LogP contribution in [0.15, 0.2) is 176 Å². The lowest BCUT2D eigenvalue weighted by atomic mass is 9.82. The fourth-order valence-corrected chi connectivity index (χ4v) is 8.00. The van der Waals surface area contributed by atoms with E-state index in [0.29, 0.717) is 0 Å². The lowest BCUT2D eigenvalue weighted by Gasteiger charge is -2.21. The SMILES string of the molecule is FC(F)(F)c1ccc([NH+](c2ccccc2)c2ccc(-c3ccc(-c4c5ccccc5c(-c5cccc6c5C=CCC6)c5ccccc45)cc3)cc2)cc1. The predicted molar refractivity (Wildman–Crippen MR) is 213 cm³/mol. The summed E-state index contributed by atoms with van der Waals surface area (Å²) in [6.45, 7) is 0. The van der Waals surface area contributed by atoms with Gasteiger partial charge in [-0.05, 0) is 115 Å². The first-order chi connectivity index (χ1) is 25.9. The third-order valence-electron chi connectivity index (χ3n) is 10.5. The molecule has 1 aliphatic rings. The second-order valence-electron chi connectivity index (χ2n) is 13.6. The average Bonchev–Trinajstić information content (AvgIpc) is 3.20. The van der Waals surface area contributed by atoms with Crippen LogP contribution in [0, 0.1) is 0 Å². The summed E-state index contributed by atoms with van der Waals surface area (Å²) >= 11 is 0. The number of nitrogens with one attached hydrogen (secondary N) is 1. The van der Waals surface area contributed by atoms with E-state index >= 15 is 0 Å². The molecule has 0 bridgehead atoms. The summed E-state index contributed by atoms with van der Waals surface area (Å²) in [4.78, 5) is 0.885. The second-order valence-corrected chi connectivity index (χ2v) is 13.6. The minimum absolute atomic E-state index is 0.656. The van der Waals surface area contributed by atoms with Crippen LogP contribution in [0.25, 0.3) is 61.0 Å². The fourth-order valence-electron chi connectivity index (χ4n) is 8.00. The summed E-state index contributed by atoms with van der Waals surface area (Å²) in [5.74, 6) is 0. The van der Waals surface area contributed by atoms with Crippen LogP contribution in [0.4, 0.5) is 30.2 Å². The zero-order chi connectivity index (χ0) is 35.9. The number of allylic oxidation sites excluding steroid dienone is 1. The monoisotopic (exact) mass is 694 g/mol. The molecule has 8 aromatic rings. The summed E-state index contributed by atoms with van der Waals surface area (Å²) in [7, 11) is 0. The summed E-state index contributed by atoms with van der Waals surface area (Å²) in [6.07, 6.45) is 2.35. The minimum atomic E-state index is -4.38. The normalized spacial score (nSPS) is 13.3. The highest BCUT2D eigenvalue weighted by atomic mass is 19.4. The summed E-state index contributed by atoms with van der Waals surface area (Å²) in [5, 5.41) is 4.93. The molecule has 0 radical (unpaired) electrons. The molecule has 0 heterocycles. The molecule has 0 amide bonds. The van der Waals surface area contributed by atoms with Crippen molar-refractivity contribution < 1.29 is 18.1 Å². The molecule has 1 unspecified atom stereocenters. The van der Waals surface area contributed by atoms with Crippen LogP contribution < -0.4 is 4.90 Å². The molecule has 1 N–H and O–H groups in total. The van der Waals surface area contributed by atoms with E-state index in [0.717, 1.165) is 63.6 Å². The number of quaternary nitrogens is 1. The van der Waals surface area contributed by atoms with Gasteiger partial charge in [-0.25, -0.2) is 4.90 Å². The lowest BCUT2D eigenvalue weighted by Crippen LogP contribution is -2.96. The van der Waals surface area contributed by atoms with E-state index in [1.807, 2.05) is 30.3 Å². The van der Waals surface area contributed by atoms with Crippen molar-refractivity contribution in [1.82, 2.24) is 0 Å². The second kappa shape index (κ2) is 13.4. The molecule has 0 aliphatic heterocycles. The maximum atomic E-state index is 13.4. The molecule has 256 valence electrons. The Morgan fingerprint density at radius 2 is 0.925 bits per heavy atom. The van der Waals surface area contributed by atoms with Gasteiger partial charge in [0.1, 0.15) is 17.1 Å². The van der Waals surface area contributed by atoms with Gasteiger partial charge in [-0.2, -0.15) is 13.2 Å². The molecule has 1 nitrogen and oxygen atoms in total. The average molecular weight is 695 g/mol. The van der Waals surface area contributed by atoms with E-state index in [4.69, 9.17) is 0 Å². The number of para-hydroxylation sites is 1. The first kappa shape index (κ1) is 32.7. The summed E-state index contributed by atoms with van der Waals surface area (Å²) in [6, 6.07) is 56.6. The van der Waals surface area contributed by atoms with Crippen molar-refractivity contribution >= 4 is 44.7 Å². The first-order valence-corrected chi connectivity index (χ1v) is 18.0. The third-order valence-corrected chi connectivity index (χ3v) is 10.5. The van der Waals surface area contributed by atoms with Crippen molar-refractivity contribution in [3.05, 3.63) is 193 Å². The predicted octanol–water partition coefficient (Wildman–Crippen LogP) is 13.2. The van der Waals surface area contributed by atoms with Crippen LogP contribution in [-0.4, -0.2) is 0 Å². The van der Waals surface area contributed by atoms with Gasteiger partial charge in [-0.15, -0.1) is 0 Å². The Hall–Kier alpha value is -6.23. The summed E-state index contributed by atoms with van der Waals surface area (Å²) < 4.78 is 40.1. The highest BCUT2D eigenvalue weighted by Crippen LogP contribution is 2.45. The van der Waals surface area contributed by atoms with Crippen LogP contribution in [0.2, 0.25) is 0 Å². The molecule has 0 fully saturated rings. The van der Waals surface area contributed by atoms with Gasteiger partial charge in [0.05, 0.1) is 5.56 Å². The molecule has 0 saturated heterocycles. The summed E-state index contributed by atoms with van der Waals surface area (Å²) in [5.41, 5.74) is 11.8. The number of hydrogen-bond donors (Lipinski definition) is 1. The standard InChI is InChI=1S/C49H34F3N/c50-49(51,52)37-27-31-40(32-28-37)53(38-13-2-1-3-14-38)39-29-25-34(26-30-39)33-21-23-36(24-22-33)47-43-16-6-8-18-45(43)48(46-19-9-7-17-44(46)47)42-20-10-12-35-11-4-5-15-41(35)42/h1-3,5-10,12-32H,4,11H2/p+1. The van der Waals surface area contributed by atoms with Gasteiger partial charge in [0.2, 0.25) is 0 Å². The number of rotatable bonds is 6. The molecule has 1 aliphatic carbocycles. The molecule has 4 heteroatoms. The number of fused-ring (bicyclic) bond motifs is 3. The Bertz CT molecular complexity index is 2560. The first-order valence-electron chi connectivity index (χ1n) is 18.0. The van der Waals surface area contributed by atoms with E-state index < -0.39 is 11.7 Å². The Balaban J connectivity index is 1.10. The van der Waals surface area contributed by atoms with Crippen LogP contribution in [0.1, 0.15) is 23.1 Å². The molecule has 0 spiro atoms. The minimum Gasteiger partial charge on any atom is -0.238 e. The quantitative estimate of drug-likeness (QED) is 0.165. The van der Waals surface area contributed by atoms with Crippen molar-refractivity contribution in [2.45, 2.75) is 19.0 Å². The Morgan fingerprint density at radius 3 is 1.51 bits per heavy atom. The fraction of sp³-hybridized carbons (Fsp3) is 0.0612. The highest BCUT2D eigenvalue weighted by molar-refractivity contribution is 6.22. The molecule has 1 atom stereocenters. The highest BCUT2D eigenvalue weighted by Gasteiger charge is 2.31. The van der Waals surface area contributed by atoms with E-state index in [2.05, 4.69) is 127 Å². The number of alkyl halides is 3. The van der Waals surface area contributed by atoms with E-state index in [9.17, 15) is 13.2 Å². The smallest absolute Gasteiger partial charge is 0.238 e. The van der Waals surface area contributed by atoms with Gasteiger partial charge >= 0.3 is 6.18 Å². The van der Waals surface area contributed by atoms with Crippen LogP contribution in [-0.2, 0) is 12.6 Å². The van der Waals surface area contributed by atoms with Gasteiger partial charge in [0, 0.05) is 24.3 Å². The zero-order valence-electron chi connectivity index (χ0n) is 28.9. The Labute approximate surface area is 306 Å². The van der Waals surface area contributed by atoms with Gasteiger partial charge in [0.25, 0.3) is 0 Å². The molecule has 0 saturated carbocycles. The molecule has 8 aromatic carbocycles. The maximum absolute atomic E-state index is 13.4. The van der Waals surface area contributed by atoms with Crippen molar-refractivity contribution in [1.29, 1.82) is 0 Å². The number of aryl methyl sites for hydroxylation is 1. The molecule has 9 rings (SSSR count).